The molecule has 2 aliphatic carbocycles. The lowest BCUT2D eigenvalue weighted by Gasteiger charge is -2.16. The Morgan fingerprint density at radius 3 is 2.53 bits per heavy atom. The number of aliphatic hydroxyl groups excluding tert-OH is 1. The summed E-state index contributed by atoms with van der Waals surface area (Å²) in [6.45, 7) is 0.300. The summed E-state index contributed by atoms with van der Waals surface area (Å²) in [4.78, 5) is 0. The molecular formula is C12H23NOS. The van der Waals surface area contributed by atoms with Gasteiger partial charge in [0.15, 0.2) is 0 Å². The molecule has 2 N–H and O–H groups in total. The van der Waals surface area contributed by atoms with Crippen molar-refractivity contribution in [1.29, 1.82) is 0 Å². The predicted molar refractivity (Wildman–Crippen MR) is 66.3 cm³/mol. The molecule has 2 rings (SSSR count). The van der Waals surface area contributed by atoms with Crippen molar-refractivity contribution < 1.29 is 5.11 Å². The van der Waals surface area contributed by atoms with Crippen molar-refractivity contribution in [2.75, 3.05) is 18.1 Å². The summed E-state index contributed by atoms with van der Waals surface area (Å²) in [6, 6.07) is 1.05. The molecular weight excluding hydrogens is 206 g/mol. The summed E-state index contributed by atoms with van der Waals surface area (Å²) in [5.41, 5.74) is 0. The molecule has 15 heavy (non-hydrogen) atoms. The smallest absolute Gasteiger partial charge is 0.0592 e. The Kier molecular flexibility index (Phi) is 4.79. The van der Waals surface area contributed by atoms with E-state index in [-0.39, 0.29) is 0 Å². The number of hydrogen-bond acceptors (Lipinski definition) is 3. The maximum Gasteiger partial charge on any atom is 0.0592 e. The van der Waals surface area contributed by atoms with Crippen molar-refractivity contribution in [1.82, 2.24) is 5.32 Å². The molecule has 0 radical (unpaired) electrons. The highest BCUT2D eigenvalue weighted by Gasteiger charge is 2.24. The van der Waals surface area contributed by atoms with Crippen LogP contribution in [-0.4, -0.2) is 35.3 Å². The standard InChI is InChI=1S/C12H23NOS/c14-7-12(13-11-5-6-11)9-15-8-10-3-1-2-4-10/h10-14H,1-9H2. The van der Waals surface area contributed by atoms with E-state index in [1.165, 1.54) is 44.3 Å². The lowest BCUT2D eigenvalue weighted by molar-refractivity contribution is 0.253. The van der Waals surface area contributed by atoms with Crippen molar-refractivity contribution in [2.24, 2.45) is 5.92 Å². The molecule has 3 heteroatoms. The maximum absolute atomic E-state index is 9.22. The van der Waals surface area contributed by atoms with E-state index in [4.69, 9.17) is 0 Å². The summed E-state index contributed by atoms with van der Waals surface area (Å²) in [7, 11) is 0. The first kappa shape index (κ1) is 11.7. The first-order valence-corrected chi connectivity index (χ1v) is 7.48. The second-order valence-electron chi connectivity index (χ2n) is 5.01. The SMILES string of the molecule is OCC(CSCC1CCCC1)NC1CC1. The molecule has 0 spiro atoms. The van der Waals surface area contributed by atoms with Gasteiger partial charge in [-0.15, -0.1) is 0 Å². The van der Waals surface area contributed by atoms with Crippen LogP contribution in [0.1, 0.15) is 38.5 Å². The van der Waals surface area contributed by atoms with Crippen LogP contribution in [0, 0.1) is 5.92 Å². The Balaban J connectivity index is 1.53. The van der Waals surface area contributed by atoms with E-state index in [1.54, 1.807) is 0 Å². The Bertz CT molecular complexity index is 178. The highest BCUT2D eigenvalue weighted by Crippen LogP contribution is 2.28. The van der Waals surface area contributed by atoms with Gasteiger partial charge in [-0.25, -0.2) is 0 Å². The number of thioether (sulfide) groups is 1. The van der Waals surface area contributed by atoms with Gasteiger partial charge in [0, 0.05) is 17.8 Å². The minimum absolute atomic E-state index is 0.300. The first-order valence-electron chi connectivity index (χ1n) is 6.33. The molecule has 2 aliphatic rings. The van der Waals surface area contributed by atoms with E-state index in [2.05, 4.69) is 5.32 Å². The summed E-state index contributed by atoms with van der Waals surface area (Å²) in [5.74, 6) is 3.36. The fourth-order valence-corrected chi connectivity index (χ4v) is 3.58. The normalized spacial score (nSPS) is 24.6. The highest BCUT2D eigenvalue weighted by molar-refractivity contribution is 7.99. The van der Waals surface area contributed by atoms with Crippen LogP contribution in [0.4, 0.5) is 0 Å². The molecule has 1 unspecified atom stereocenters. The molecule has 2 fully saturated rings. The largest absolute Gasteiger partial charge is 0.395 e. The Morgan fingerprint density at radius 1 is 1.20 bits per heavy atom. The van der Waals surface area contributed by atoms with Gasteiger partial charge in [0.1, 0.15) is 0 Å². The average Bonchev–Trinajstić information content (AvgIpc) is 2.91. The quantitative estimate of drug-likeness (QED) is 0.700. The molecule has 1 atom stereocenters. The monoisotopic (exact) mass is 229 g/mol. The molecule has 0 saturated heterocycles. The van der Waals surface area contributed by atoms with Gasteiger partial charge in [0.2, 0.25) is 0 Å². The third kappa shape index (κ3) is 4.33. The van der Waals surface area contributed by atoms with Crippen molar-refractivity contribution >= 4 is 11.8 Å². The van der Waals surface area contributed by atoms with Gasteiger partial charge in [0.25, 0.3) is 0 Å². The van der Waals surface area contributed by atoms with Gasteiger partial charge in [-0.1, -0.05) is 12.8 Å². The number of aliphatic hydroxyl groups is 1. The molecule has 0 aromatic rings. The summed E-state index contributed by atoms with van der Waals surface area (Å²) < 4.78 is 0. The molecule has 0 amide bonds. The molecule has 0 aliphatic heterocycles. The summed E-state index contributed by atoms with van der Waals surface area (Å²) in [5, 5.41) is 12.7. The predicted octanol–water partition coefficient (Wildman–Crippen LogP) is 2.02. The Morgan fingerprint density at radius 2 is 1.93 bits per heavy atom. The number of nitrogens with one attached hydrogen (secondary N) is 1. The van der Waals surface area contributed by atoms with Crippen LogP contribution in [0.5, 0.6) is 0 Å². The third-order valence-electron chi connectivity index (χ3n) is 3.42. The number of rotatable bonds is 7. The first-order chi connectivity index (χ1) is 7.38. The van der Waals surface area contributed by atoms with Crippen molar-refractivity contribution in [3.8, 4) is 0 Å². The van der Waals surface area contributed by atoms with Crippen molar-refractivity contribution in [3.05, 3.63) is 0 Å². The van der Waals surface area contributed by atoms with E-state index < -0.39 is 0 Å². The van der Waals surface area contributed by atoms with Crippen molar-refractivity contribution in [3.63, 3.8) is 0 Å². The second-order valence-corrected chi connectivity index (χ2v) is 6.08. The molecule has 2 saturated carbocycles. The van der Waals surface area contributed by atoms with Gasteiger partial charge < -0.3 is 10.4 Å². The van der Waals surface area contributed by atoms with E-state index in [0.29, 0.717) is 18.7 Å². The minimum Gasteiger partial charge on any atom is -0.395 e. The van der Waals surface area contributed by atoms with Crippen LogP contribution in [0.15, 0.2) is 0 Å². The van der Waals surface area contributed by atoms with E-state index in [9.17, 15) is 5.11 Å². The zero-order valence-corrected chi connectivity index (χ0v) is 10.3. The van der Waals surface area contributed by atoms with Crippen LogP contribution >= 0.6 is 11.8 Å². The molecule has 88 valence electrons. The molecule has 0 heterocycles. The van der Waals surface area contributed by atoms with Crippen molar-refractivity contribution in [2.45, 2.75) is 50.6 Å². The van der Waals surface area contributed by atoms with Gasteiger partial charge in [-0.05, 0) is 37.4 Å². The molecule has 0 aromatic carbocycles. The van der Waals surface area contributed by atoms with Crippen LogP contribution in [0.3, 0.4) is 0 Å². The van der Waals surface area contributed by atoms with Gasteiger partial charge in [-0.2, -0.15) is 11.8 Å². The topological polar surface area (TPSA) is 32.3 Å². The molecule has 0 aromatic heterocycles. The molecule has 0 bridgehead atoms. The van der Waals surface area contributed by atoms with Crippen LogP contribution in [0.2, 0.25) is 0 Å². The lowest BCUT2D eigenvalue weighted by atomic mass is 10.1. The van der Waals surface area contributed by atoms with E-state index in [1.807, 2.05) is 11.8 Å². The lowest BCUT2D eigenvalue weighted by Crippen LogP contribution is -2.36. The highest BCUT2D eigenvalue weighted by atomic mass is 32.2. The zero-order chi connectivity index (χ0) is 10.5. The van der Waals surface area contributed by atoms with Gasteiger partial charge in [-0.3, -0.25) is 0 Å². The van der Waals surface area contributed by atoms with E-state index >= 15 is 0 Å². The van der Waals surface area contributed by atoms with E-state index in [0.717, 1.165) is 11.7 Å². The zero-order valence-electron chi connectivity index (χ0n) is 9.45. The van der Waals surface area contributed by atoms with Gasteiger partial charge in [0.05, 0.1) is 6.61 Å². The van der Waals surface area contributed by atoms with Crippen LogP contribution < -0.4 is 5.32 Å². The summed E-state index contributed by atoms with van der Waals surface area (Å²) in [6.07, 6.45) is 8.37. The van der Waals surface area contributed by atoms with Crippen LogP contribution in [0.25, 0.3) is 0 Å². The molecule has 2 nitrogen and oxygen atoms in total. The fourth-order valence-electron chi connectivity index (χ4n) is 2.29. The number of hydrogen-bond donors (Lipinski definition) is 2. The Hall–Kier alpha value is 0.270. The average molecular weight is 229 g/mol. The second kappa shape index (κ2) is 6.12. The minimum atomic E-state index is 0.300. The fraction of sp³-hybridized carbons (Fsp3) is 1.00. The van der Waals surface area contributed by atoms with Gasteiger partial charge >= 0.3 is 0 Å². The Labute approximate surface area is 97.2 Å². The summed E-state index contributed by atoms with van der Waals surface area (Å²) >= 11 is 2.03. The third-order valence-corrected chi connectivity index (χ3v) is 4.76. The maximum atomic E-state index is 9.22. The van der Waals surface area contributed by atoms with Crippen LogP contribution in [-0.2, 0) is 0 Å².